The van der Waals surface area contributed by atoms with Crippen molar-refractivity contribution in [2.45, 2.75) is 12.8 Å². The van der Waals surface area contributed by atoms with Crippen LogP contribution in [0, 0.1) is 5.82 Å². The van der Waals surface area contributed by atoms with Gasteiger partial charge in [-0.2, -0.15) is 0 Å². The molecule has 8 heteroatoms. The Balaban J connectivity index is 1.87. The van der Waals surface area contributed by atoms with E-state index in [0.717, 1.165) is 6.42 Å². The summed E-state index contributed by atoms with van der Waals surface area (Å²) in [6.07, 6.45) is 1.41. The van der Waals surface area contributed by atoms with E-state index in [0.29, 0.717) is 30.1 Å². The Kier molecular flexibility index (Phi) is 5.13. The Hall–Kier alpha value is -2.61. The molecule has 6 nitrogen and oxygen atoms in total. The number of ether oxygens (including phenoxy) is 1. The van der Waals surface area contributed by atoms with Gasteiger partial charge in [0, 0.05) is 18.3 Å². The van der Waals surface area contributed by atoms with Gasteiger partial charge < -0.3 is 10.1 Å². The molecule has 138 valence electrons. The lowest BCUT2D eigenvalue weighted by Crippen LogP contribution is -2.38. The zero-order valence-electron chi connectivity index (χ0n) is 14.2. The van der Waals surface area contributed by atoms with Crippen LogP contribution < -0.4 is 14.4 Å². The van der Waals surface area contributed by atoms with Crippen molar-refractivity contribution in [2.75, 3.05) is 29.0 Å². The fourth-order valence-electron chi connectivity index (χ4n) is 2.86. The molecule has 2 aromatic rings. The smallest absolute Gasteiger partial charge is 0.258 e. The molecule has 1 N–H and O–H groups in total. The van der Waals surface area contributed by atoms with Crippen LogP contribution >= 0.6 is 0 Å². The molecule has 0 aliphatic carbocycles. The highest BCUT2D eigenvalue weighted by Gasteiger charge is 2.28. The van der Waals surface area contributed by atoms with Gasteiger partial charge in [0.15, 0.2) is 0 Å². The van der Waals surface area contributed by atoms with Gasteiger partial charge in [-0.3, -0.25) is 9.10 Å². The molecule has 1 amide bonds. The minimum absolute atomic E-state index is 0.0749. The maximum absolute atomic E-state index is 13.7. The van der Waals surface area contributed by atoms with Crippen molar-refractivity contribution in [2.24, 2.45) is 0 Å². The summed E-state index contributed by atoms with van der Waals surface area (Å²) in [4.78, 5) is 12.2. The average Bonchev–Trinajstić information content (AvgIpc) is 2.62. The molecule has 0 radical (unpaired) electrons. The summed E-state index contributed by atoms with van der Waals surface area (Å²) >= 11 is 0. The first-order valence-electron chi connectivity index (χ1n) is 8.17. The third-order valence-electron chi connectivity index (χ3n) is 4.17. The lowest BCUT2D eigenvalue weighted by Gasteiger charge is -2.29. The van der Waals surface area contributed by atoms with E-state index in [1.165, 1.54) is 35.7 Å². The second-order valence-corrected chi connectivity index (χ2v) is 7.93. The van der Waals surface area contributed by atoms with Crippen molar-refractivity contribution in [3.8, 4) is 5.75 Å². The summed E-state index contributed by atoms with van der Waals surface area (Å²) in [5.41, 5.74) is 0.735. The maximum atomic E-state index is 13.7. The second-order valence-electron chi connectivity index (χ2n) is 5.92. The molecular weight excluding hydrogens is 359 g/mol. The molecule has 0 unspecified atom stereocenters. The fraction of sp³-hybridized carbons (Fsp3) is 0.278. The normalized spacial score (nSPS) is 16.2. The lowest BCUT2D eigenvalue weighted by atomic mass is 10.2. The first-order valence-corrected chi connectivity index (χ1v) is 9.77. The van der Waals surface area contributed by atoms with Gasteiger partial charge in [0.05, 0.1) is 24.1 Å². The number of sulfonamides is 1. The predicted octanol–water partition coefficient (Wildman–Crippen LogP) is 3.02. The maximum Gasteiger partial charge on any atom is 0.258 e. The van der Waals surface area contributed by atoms with Crippen molar-refractivity contribution in [1.29, 1.82) is 0 Å². The van der Waals surface area contributed by atoms with E-state index >= 15 is 0 Å². The monoisotopic (exact) mass is 378 g/mol. The molecule has 1 fully saturated rings. The number of rotatable bonds is 4. The highest BCUT2D eigenvalue weighted by molar-refractivity contribution is 7.92. The van der Waals surface area contributed by atoms with E-state index in [-0.39, 0.29) is 11.3 Å². The third kappa shape index (κ3) is 3.65. The predicted molar refractivity (Wildman–Crippen MR) is 97.7 cm³/mol. The molecular formula is C18H19FN2O4S. The van der Waals surface area contributed by atoms with E-state index in [1.54, 1.807) is 18.2 Å². The molecule has 0 saturated carbocycles. The Morgan fingerprint density at radius 3 is 2.65 bits per heavy atom. The van der Waals surface area contributed by atoms with Crippen LogP contribution in [0.4, 0.5) is 15.8 Å². The first kappa shape index (κ1) is 18.2. The summed E-state index contributed by atoms with van der Waals surface area (Å²) in [6, 6.07) is 10.3. The highest BCUT2D eigenvalue weighted by atomic mass is 32.2. The molecule has 1 aliphatic rings. The van der Waals surface area contributed by atoms with Crippen LogP contribution in [-0.2, 0) is 10.0 Å². The van der Waals surface area contributed by atoms with Crippen molar-refractivity contribution in [1.82, 2.24) is 0 Å². The van der Waals surface area contributed by atoms with Crippen LogP contribution in [0.15, 0.2) is 42.5 Å². The number of methoxy groups -OCH3 is 1. The number of benzene rings is 2. The van der Waals surface area contributed by atoms with Crippen molar-refractivity contribution in [3.63, 3.8) is 0 Å². The van der Waals surface area contributed by atoms with E-state index in [1.807, 2.05) is 0 Å². The van der Waals surface area contributed by atoms with Crippen LogP contribution in [0.2, 0.25) is 0 Å². The molecule has 1 saturated heterocycles. The zero-order chi connectivity index (χ0) is 18.7. The van der Waals surface area contributed by atoms with Gasteiger partial charge >= 0.3 is 0 Å². The molecule has 0 aromatic heterocycles. The largest absolute Gasteiger partial charge is 0.494 e. The van der Waals surface area contributed by atoms with Gasteiger partial charge in [-0.05, 0) is 37.1 Å². The Morgan fingerprint density at radius 2 is 1.96 bits per heavy atom. The quantitative estimate of drug-likeness (QED) is 0.887. The van der Waals surface area contributed by atoms with E-state index in [9.17, 15) is 17.6 Å². The third-order valence-corrected chi connectivity index (χ3v) is 6.03. The van der Waals surface area contributed by atoms with Crippen molar-refractivity contribution in [3.05, 3.63) is 53.8 Å². The van der Waals surface area contributed by atoms with Crippen LogP contribution in [-0.4, -0.2) is 33.7 Å². The topological polar surface area (TPSA) is 75.7 Å². The van der Waals surface area contributed by atoms with E-state index in [2.05, 4.69) is 5.32 Å². The summed E-state index contributed by atoms with van der Waals surface area (Å²) in [7, 11) is -1.95. The Bertz CT molecular complexity index is 931. The van der Waals surface area contributed by atoms with E-state index in [4.69, 9.17) is 4.74 Å². The molecule has 3 rings (SSSR count). The van der Waals surface area contributed by atoms with Crippen molar-refractivity contribution < 1.29 is 22.3 Å². The van der Waals surface area contributed by atoms with Gasteiger partial charge in [-0.1, -0.05) is 12.1 Å². The molecule has 1 heterocycles. The SMILES string of the molecule is COc1cc(NC(=O)c2ccccc2F)ccc1N1CCCCS1(=O)=O. The minimum atomic E-state index is -3.38. The van der Waals surface area contributed by atoms with Gasteiger partial charge in [-0.25, -0.2) is 12.8 Å². The number of nitrogens with one attached hydrogen (secondary N) is 1. The van der Waals surface area contributed by atoms with Crippen molar-refractivity contribution >= 4 is 27.3 Å². The van der Waals surface area contributed by atoms with Gasteiger partial charge in [-0.15, -0.1) is 0 Å². The fourth-order valence-corrected chi connectivity index (χ4v) is 4.51. The second kappa shape index (κ2) is 7.33. The van der Waals surface area contributed by atoms with Crippen LogP contribution in [0.1, 0.15) is 23.2 Å². The minimum Gasteiger partial charge on any atom is -0.494 e. The number of amides is 1. The molecule has 0 atom stereocenters. The van der Waals surface area contributed by atoms with Gasteiger partial charge in [0.2, 0.25) is 10.0 Å². The molecule has 0 spiro atoms. The number of hydrogen-bond acceptors (Lipinski definition) is 4. The number of hydrogen-bond donors (Lipinski definition) is 1. The van der Waals surface area contributed by atoms with E-state index < -0.39 is 21.7 Å². The molecule has 1 aliphatic heterocycles. The summed E-state index contributed by atoms with van der Waals surface area (Å²) < 4.78 is 45.0. The average molecular weight is 378 g/mol. The molecule has 2 aromatic carbocycles. The van der Waals surface area contributed by atoms with Gasteiger partial charge in [0.1, 0.15) is 11.6 Å². The number of carbonyl (C=O) groups is 1. The first-order chi connectivity index (χ1) is 12.4. The zero-order valence-corrected chi connectivity index (χ0v) is 15.1. The van der Waals surface area contributed by atoms with Crippen LogP contribution in [0.3, 0.4) is 0 Å². The Morgan fingerprint density at radius 1 is 1.19 bits per heavy atom. The number of nitrogens with zero attached hydrogens (tertiary/aromatic N) is 1. The molecule has 0 bridgehead atoms. The lowest BCUT2D eigenvalue weighted by molar-refractivity contribution is 0.102. The number of halogens is 1. The summed E-state index contributed by atoms with van der Waals surface area (Å²) in [5.74, 6) is -0.791. The standard InChI is InChI=1S/C18H19FN2O4S/c1-25-17-12-13(20-18(22)14-6-2-3-7-15(14)19)8-9-16(17)21-10-4-5-11-26(21,23)24/h2-3,6-9,12H,4-5,10-11H2,1H3,(H,20,22). The Labute approximate surface area is 151 Å². The van der Waals surface area contributed by atoms with Crippen LogP contribution in [0.5, 0.6) is 5.75 Å². The summed E-state index contributed by atoms with van der Waals surface area (Å²) in [6.45, 7) is 0.389. The molecule has 26 heavy (non-hydrogen) atoms. The number of anilines is 2. The highest BCUT2D eigenvalue weighted by Crippen LogP contribution is 2.35. The van der Waals surface area contributed by atoms with Gasteiger partial charge in [0.25, 0.3) is 5.91 Å². The summed E-state index contributed by atoms with van der Waals surface area (Å²) in [5, 5.41) is 2.60. The number of carbonyl (C=O) groups excluding carboxylic acids is 1. The van der Waals surface area contributed by atoms with Crippen LogP contribution in [0.25, 0.3) is 0 Å².